The second-order valence-corrected chi connectivity index (χ2v) is 20.9. The molecule has 0 aliphatic heterocycles. The molecule has 4 heteroatoms. The first kappa shape index (κ1) is 47.3. The van der Waals surface area contributed by atoms with Crippen molar-refractivity contribution >= 4 is 66.4 Å². The van der Waals surface area contributed by atoms with Crippen LogP contribution in [0.1, 0.15) is 48.6 Å². The van der Waals surface area contributed by atoms with E-state index in [0.717, 1.165) is 106 Å². The standard InChI is InChI=1S/C72H54N4/c1-47-26-28-53(49-18-10-6-11-19-49)40-66(47)75(60-34-30-57(45-73)64(42-60)51-22-14-8-15-23-51)68-44-69(63-37-33-56-39-59(72(3,4)5)38-55-32-36-62(68)71(63)70(55)56)76(67-41-54(29-27-48(67)2)50-20-12-7-13-21-50)61-35-31-58(46-74)65(43-61)52-24-16-9-17-25-52/h6-44H,1-5H3. The van der Waals surface area contributed by atoms with E-state index in [-0.39, 0.29) is 5.41 Å². The van der Waals surface area contributed by atoms with E-state index < -0.39 is 0 Å². The average molecular weight is 975 g/mol. The predicted octanol–water partition coefficient (Wildman–Crippen LogP) is 19.8. The molecule has 0 saturated heterocycles. The van der Waals surface area contributed by atoms with Crippen molar-refractivity contribution in [3.8, 4) is 56.6 Å². The zero-order valence-corrected chi connectivity index (χ0v) is 43.3. The topological polar surface area (TPSA) is 54.1 Å². The molecule has 0 saturated carbocycles. The largest absolute Gasteiger partial charge is 0.309 e. The van der Waals surface area contributed by atoms with Crippen molar-refractivity contribution < 1.29 is 0 Å². The maximum atomic E-state index is 10.7. The lowest BCUT2D eigenvalue weighted by Crippen LogP contribution is -2.16. The van der Waals surface area contributed by atoms with Crippen LogP contribution in [0.2, 0.25) is 0 Å². The van der Waals surface area contributed by atoms with Gasteiger partial charge in [-0.1, -0.05) is 203 Å². The summed E-state index contributed by atoms with van der Waals surface area (Å²) in [6.07, 6.45) is 0. The molecule has 0 N–H and O–H groups in total. The van der Waals surface area contributed by atoms with Gasteiger partial charge in [-0.15, -0.1) is 0 Å². The van der Waals surface area contributed by atoms with Gasteiger partial charge in [0.25, 0.3) is 0 Å². The highest BCUT2D eigenvalue weighted by atomic mass is 15.2. The van der Waals surface area contributed by atoms with Gasteiger partial charge in [0.2, 0.25) is 0 Å². The molecule has 12 aromatic carbocycles. The summed E-state index contributed by atoms with van der Waals surface area (Å²) in [4.78, 5) is 4.84. The zero-order chi connectivity index (χ0) is 52.1. The number of aryl methyl sites for hydroxylation is 2. The summed E-state index contributed by atoms with van der Waals surface area (Å²) >= 11 is 0. The van der Waals surface area contributed by atoms with Crippen molar-refractivity contribution in [2.24, 2.45) is 0 Å². The minimum atomic E-state index is -0.0743. The molecule has 0 aromatic heterocycles. The third-order valence-electron chi connectivity index (χ3n) is 15.1. The first-order valence-electron chi connectivity index (χ1n) is 25.9. The molecule has 0 amide bonds. The number of rotatable bonds is 10. The minimum absolute atomic E-state index is 0.0743. The Bertz CT molecular complexity index is 3970. The van der Waals surface area contributed by atoms with Crippen LogP contribution >= 0.6 is 0 Å². The van der Waals surface area contributed by atoms with Gasteiger partial charge in [0.15, 0.2) is 0 Å². The number of benzene rings is 12. The molecule has 0 aliphatic rings. The summed E-state index contributed by atoms with van der Waals surface area (Å²) in [5, 5.41) is 28.3. The highest BCUT2D eigenvalue weighted by Crippen LogP contribution is 2.53. The Morgan fingerprint density at radius 1 is 0.342 bits per heavy atom. The van der Waals surface area contributed by atoms with Crippen molar-refractivity contribution in [2.45, 2.75) is 40.0 Å². The molecule has 76 heavy (non-hydrogen) atoms. The number of nitrogens with zero attached hydrogens (tertiary/aromatic N) is 4. The Morgan fingerprint density at radius 3 is 1.12 bits per heavy atom. The van der Waals surface area contributed by atoms with Crippen LogP contribution in [0.25, 0.3) is 76.8 Å². The van der Waals surface area contributed by atoms with Crippen molar-refractivity contribution in [3.05, 3.63) is 264 Å². The van der Waals surface area contributed by atoms with Crippen LogP contribution in [0.5, 0.6) is 0 Å². The molecule has 0 radical (unpaired) electrons. The van der Waals surface area contributed by atoms with Crippen LogP contribution in [0.3, 0.4) is 0 Å². The van der Waals surface area contributed by atoms with Gasteiger partial charge in [-0.2, -0.15) is 10.5 Å². The van der Waals surface area contributed by atoms with Gasteiger partial charge in [-0.05, 0) is 140 Å². The molecular formula is C72H54N4. The molecule has 0 atom stereocenters. The van der Waals surface area contributed by atoms with E-state index >= 15 is 0 Å². The van der Waals surface area contributed by atoms with E-state index in [4.69, 9.17) is 0 Å². The van der Waals surface area contributed by atoms with Crippen LogP contribution in [0, 0.1) is 36.5 Å². The fourth-order valence-corrected chi connectivity index (χ4v) is 11.1. The lowest BCUT2D eigenvalue weighted by Gasteiger charge is -2.34. The molecule has 0 spiro atoms. The van der Waals surface area contributed by atoms with Gasteiger partial charge >= 0.3 is 0 Å². The van der Waals surface area contributed by atoms with Crippen LogP contribution in [0.15, 0.2) is 237 Å². The number of nitriles is 2. The van der Waals surface area contributed by atoms with Crippen molar-refractivity contribution in [1.29, 1.82) is 10.5 Å². The van der Waals surface area contributed by atoms with Gasteiger partial charge in [-0.3, -0.25) is 0 Å². The van der Waals surface area contributed by atoms with Gasteiger partial charge in [0, 0.05) is 50.0 Å². The highest BCUT2D eigenvalue weighted by molar-refractivity contribution is 6.29. The molecule has 0 unspecified atom stereocenters. The molecule has 0 aliphatic carbocycles. The predicted molar refractivity (Wildman–Crippen MR) is 319 cm³/mol. The van der Waals surface area contributed by atoms with Crippen molar-refractivity contribution in [1.82, 2.24) is 0 Å². The second kappa shape index (κ2) is 19.3. The lowest BCUT2D eigenvalue weighted by atomic mass is 9.83. The third-order valence-corrected chi connectivity index (χ3v) is 15.1. The fourth-order valence-electron chi connectivity index (χ4n) is 11.1. The van der Waals surface area contributed by atoms with Crippen molar-refractivity contribution in [2.75, 3.05) is 9.80 Å². The molecule has 362 valence electrons. The second-order valence-electron chi connectivity index (χ2n) is 20.9. The maximum Gasteiger partial charge on any atom is 0.0998 e. The minimum Gasteiger partial charge on any atom is -0.309 e. The van der Waals surface area contributed by atoms with E-state index in [9.17, 15) is 10.5 Å². The summed E-state index contributed by atoms with van der Waals surface area (Å²) in [7, 11) is 0. The third kappa shape index (κ3) is 8.47. The summed E-state index contributed by atoms with van der Waals surface area (Å²) in [6, 6.07) is 89.1. The summed E-state index contributed by atoms with van der Waals surface area (Å²) < 4.78 is 0. The summed E-state index contributed by atoms with van der Waals surface area (Å²) in [5.74, 6) is 0. The average Bonchev–Trinajstić information content (AvgIpc) is 3.61. The molecule has 12 aromatic rings. The number of hydrogen-bond donors (Lipinski definition) is 0. The maximum absolute atomic E-state index is 10.7. The molecule has 12 rings (SSSR count). The van der Waals surface area contributed by atoms with Gasteiger partial charge in [0.1, 0.15) is 0 Å². The SMILES string of the molecule is Cc1ccc(-c2ccccc2)cc1N(c1ccc(C#N)c(-c2ccccc2)c1)c1cc(N(c2ccc(C#N)c(-c3ccccc3)c2)c2cc(-c3ccccc3)ccc2C)c2ccc3cc(C(C)(C)C)cc4ccc1c2c43. The Balaban J connectivity index is 1.24. The van der Waals surface area contributed by atoms with Gasteiger partial charge in [0.05, 0.1) is 34.6 Å². The number of anilines is 6. The van der Waals surface area contributed by atoms with Crippen LogP contribution in [0.4, 0.5) is 34.1 Å². The fraction of sp³-hybridized carbons (Fsp3) is 0.0833. The Labute approximate surface area is 445 Å². The molecule has 0 fully saturated rings. The van der Waals surface area contributed by atoms with Crippen LogP contribution in [-0.4, -0.2) is 0 Å². The van der Waals surface area contributed by atoms with E-state index in [1.165, 1.54) is 21.7 Å². The highest BCUT2D eigenvalue weighted by Gasteiger charge is 2.28. The number of hydrogen-bond acceptors (Lipinski definition) is 4. The van der Waals surface area contributed by atoms with E-state index in [0.29, 0.717) is 11.1 Å². The first-order chi connectivity index (χ1) is 37.1. The Kier molecular flexibility index (Phi) is 12.0. The van der Waals surface area contributed by atoms with E-state index in [2.05, 4.69) is 245 Å². The Morgan fingerprint density at radius 2 is 0.737 bits per heavy atom. The molecule has 4 nitrogen and oxygen atoms in total. The van der Waals surface area contributed by atoms with Crippen LogP contribution in [-0.2, 0) is 5.41 Å². The van der Waals surface area contributed by atoms with Crippen LogP contribution < -0.4 is 9.80 Å². The monoisotopic (exact) mass is 974 g/mol. The molecular weight excluding hydrogens is 921 g/mol. The smallest absolute Gasteiger partial charge is 0.0998 e. The normalized spacial score (nSPS) is 11.5. The zero-order valence-electron chi connectivity index (χ0n) is 43.3. The summed E-state index contributed by atoms with van der Waals surface area (Å²) in [6.45, 7) is 11.2. The molecule has 0 bridgehead atoms. The van der Waals surface area contributed by atoms with E-state index in [1.54, 1.807) is 0 Å². The molecule has 0 heterocycles. The Hall–Kier alpha value is -9.74. The van der Waals surface area contributed by atoms with E-state index in [1.807, 2.05) is 48.5 Å². The summed E-state index contributed by atoms with van der Waals surface area (Å²) in [5.41, 5.74) is 18.5. The lowest BCUT2D eigenvalue weighted by molar-refractivity contribution is 0.591. The van der Waals surface area contributed by atoms with Gasteiger partial charge < -0.3 is 9.80 Å². The van der Waals surface area contributed by atoms with Crippen molar-refractivity contribution in [3.63, 3.8) is 0 Å². The van der Waals surface area contributed by atoms with Gasteiger partial charge in [-0.25, -0.2) is 0 Å². The first-order valence-corrected chi connectivity index (χ1v) is 25.9. The quantitative estimate of drug-likeness (QED) is 0.128.